The van der Waals surface area contributed by atoms with E-state index >= 15 is 0 Å². The Hall–Kier alpha value is -2.83. The zero-order chi connectivity index (χ0) is 20.2. The first-order chi connectivity index (χ1) is 14.1. The van der Waals surface area contributed by atoms with Gasteiger partial charge in [-0.05, 0) is 44.6 Å². The average Bonchev–Trinajstić information content (AvgIpc) is 3.23. The Balaban J connectivity index is 1.37. The van der Waals surface area contributed by atoms with Gasteiger partial charge in [0.25, 0.3) is 5.56 Å². The van der Waals surface area contributed by atoms with E-state index in [9.17, 15) is 14.4 Å². The van der Waals surface area contributed by atoms with Crippen LogP contribution in [0.1, 0.15) is 50.1 Å². The Bertz CT molecular complexity index is 966. The van der Waals surface area contributed by atoms with Crippen molar-refractivity contribution in [1.29, 1.82) is 0 Å². The van der Waals surface area contributed by atoms with Crippen LogP contribution in [0, 0.1) is 0 Å². The molecule has 2 fully saturated rings. The van der Waals surface area contributed by atoms with Gasteiger partial charge in [0.1, 0.15) is 5.75 Å². The summed E-state index contributed by atoms with van der Waals surface area (Å²) in [6.45, 7) is 1.20. The predicted octanol–water partition coefficient (Wildman–Crippen LogP) is 2.26. The molecular weight excluding hydrogens is 370 g/mol. The number of amides is 1. The number of nitrogens with one attached hydrogen (secondary N) is 1. The van der Waals surface area contributed by atoms with E-state index in [4.69, 9.17) is 4.74 Å². The SMILES string of the molecule is O=C(Cc1ccccc1OC1CCCC1)N1CCC(n2ccc(=O)[nH]c2=O)CC1. The normalized spacial score (nSPS) is 18.1. The molecule has 2 heterocycles. The average molecular weight is 397 g/mol. The van der Waals surface area contributed by atoms with Crippen LogP contribution in [0.25, 0.3) is 0 Å². The number of piperidine rings is 1. The topological polar surface area (TPSA) is 84.4 Å². The molecule has 2 aliphatic rings. The Labute approximate surface area is 169 Å². The number of benzene rings is 1. The molecule has 0 bridgehead atoms. The van der Waals surface area contributed by atoms with Crippen LogP contribution in [0.4, 0.5) is 0 Å². The van der Waals surface area contributed by atoms with Crippen LogP contribution >= 0.6 is 0 Å². The maximum absolute atomic E-state index is 12.9. The summed E-state index contributed by atoms with van der Waals surface area (Å²) in [6.07, 6.45) is 8.09. The molecule has 1 aliphatic carbocycles. The van der Waals surface area contributed by atoms with E-state index in [-0.39, 0.29) is 23.7 Å². The van der Waals surface area contributed by atoms with Gasteiger partial charge in [0.05, 0.1) is 12.5 Å². The second kappa shape index (κ2) is 8.68. The molecule has 1 saturated heterocycles. The molecule has 1 amide bonds. The van der Waals surface area contributed by atoms with E-state index in [1.165, 1.54) is 18.9 Å². The molecule has 1 N–H and O–H groups in total. The fraction of sp³-hybridized carbons (Fsp3) is 0.500. The van der Waals surface area contributed by atoms with Crippen molar-refractivity contribution in [3.8, 4) is 5.75 Å². The van der Waals surface area contributed by atoms with Gasteiger partial charge in [0.2, 0.25) is 5.91 Å². The number of aromatic amines is 1. The minimum atomic E-state index is -0.391. The summed E-state index contributed by atoms with van der Waals surface area (Å²) in [7, 11) is 0. The minimum Gasteiger partial charge on any atom is -0.490 e. The molecule has 29 heavy (non-hydrogen) atoms. The highest BCUT2D eigenvalue weighted by molar-refractivity contribution is 5.79. The third kappa shape index (κ3) is 4.60. The van der Waals surface area contributed by atoms with Gasteiger partial charge in [-0.25, -0.2) is 4.79 Å². The molecule has 154 valence electrons. The van der Waals surface area contributed by atoms with E-state index in [1.807, 2.05) is 29.2 Å². The summed E-state index contributed by atoms with van der Waals surface area (Å²) in [4.78, 5) is 40.3. The number of carbonyl (C=O) groups excluding carboxylic acids is 1. The van der Waals surface area contributed by atoms with E-state index in [1.54, 1.807) is 10.8 Å². The zero-order valence-corrected chi connectivity index (χ0v) is 16.5. The molecule has 0 radical (unpaired) electrons. The van der Waals surface area contributed by atoms with Crippen molar-refractivity contribution in [2.24, 2.45) is 0 Å². The van der Waals surface area contributed by atoms with E-state index in [0.29, 0.717) is 32.4 Å². The first-order valence-corrected chi connectivity index (χ1v) is 10.4. The number of H-pyrrole nitrogens is 1. The van der Waals surface area contributed by atoms with Crippen molar-refractivity contribution >= 4 is 5.91 Å². The number of likely N-dealkylation sites (tertiary alicyclic amines) is 1. The molecule has 0 atom stereocenters. The third-order valence-electron chi connectivity index (χ3n) is 5.97. The Kier molecular flexibility index (Phi) is 5.83. The van der Waals surface area contributed by atoms with Crippen molar-refractivity contribution < 1.29 is 9.53 Å². The van der Waals surface area contributed by atoms with Crippen molar-refractivity contribution in [1.82, 2.24) is 14.5 Å². The molecule has 2 aromatic rings. The number of nitrogens with zero attached hydrogens (tertiary/aromatic N) is 2. The molecule has 1 aliphatic heterocycles. The van der Waals surface area contributed by atoms with Crippen LogP contribution in [-0.4, -0.2) is 39.6 Å². The summed E-state index contributed by atoms with van der Waals surface area (Å²) in [5.41, 5.74) is 0.154. The van der Waals surface area contributed by atoms with Gasteiger partial charge in [0, 0.05) is 37.0 Å². The van der Waals surface area contributed by atoms with Gasteiger partial charge < -0.3 is 9.64 Å². The third-order valence-corrected chi connectivity index (χ3v) is 5.97. The van der Waals surface area contributed by atoms with Gasteiger partial charge in [-0.1, -0.05) is 18.2 Å². The zero-order valence-electron chi connectivity index (χ0n) is 16.5. The molecule has 1 aromatic heterocycles. The highest BCUT2D eigenvalue weighted by atomic mass is 16.5. The van der Waals surface area contributed by atoms with E-state index < -0.39 is 5.56 Å². The standard InChI is InChI=1S/C22H27N3O4/c26-20-11-14-25(22(28)23-20)17-9-12-24(13-10-17)21(27)15-16-5-1-4-8-19(16)29-18-6-2-3-7-18/h1,4-5,8,11,14,17-18H,2-3,6-7,9-10,12-13,15H2,(H,23,26,28). The first-order valence-electron chi connectivity index (χ1n) is 10.4. The lowest BCUT2D eigenvalue weighted by molar-refractivity contribution is -0.131. The van der Waals surface area contributed by atoms with Crippen molar-refractivity contribution in [3.63, 3.8) is 0 Å². The highest BCUT2D eigenvalue weighted by Gasteiger charge is 2.25. The predicted molar refractivity (Wildman–Crippen MR) is 109 cm³/mol. The smallest absolute Gasteiger partial charge is 0.328 e. The fourth-order valence-electron chi connectivity index (χ4n) is 4.33. The van der Waals surface area contributed by atoms with E-state index in [0.717, 1.165) is 24.2 Å². The molecule has 7 heteroatoms. The summed E-state index contributed by atoms with van der Waals surface area (Å²) in [5, 5.41) is 0. The summed E-state index contributed by atoms with van der Waals surface area (Å²) >= 11 is 0. The monoisotopic (exact) mass is 397 g/mol. The van der Waals surface area contributed by atoms with Crippen LogP contribution in [-0.2, 0) is 11.2 Å². The maximum Gasteiger partial charge on any atom is 0.328 e. The van der Waals surface area contributed by atoms with Crippen molar-refractivity contribution in [3.05, 3.63) is 62.9 Å². The quantitative estimate of drug-likeness (QED) is 0.839. The molecular formula is C22H27N3O4. The lowest BCUT2D eigenvalue weighted by Crippen LogP contribution is -2.42. The van der Waals surface area contributed by atoms with Crippen LogP contribution < -0.4 is 16.0 Å². The van der Waals surface area contributed by atoms with Crippen LogP contribution in [0.2, 0.25) is 0 Å². The lowest BCUT2D eigenvalue weighted by atomic mass is 10.0. The molecule has 0 spiro atoms. The molecule has 1 saturated carbocycles. The van der Waals surface area contributed by atoms with Crippen LogP contribution in [0.5, 0.6) is 5.75 Å². The number of rotatable bonds is 5. The minimum absolute atomic E-state index is 0.00128. The van der Waals surface area contributed by atoms with Crippen molar-refractivity contribution in [2.75, 3.05) is 13.1 Å². The number of hydrogen-bond acceptors (Lipinski definition) is 4. The molecule has 0 unspecified atom stereocenters. The van der Waals surface area contributed by atoms with Crippen LogP contribution in [0.15, 0.2) is 46.1 Å². The van der Waals surface area contributed by atoms with Crippen LogP contribution in [0.3, 0.4) is 0 Å². The first kappa shape index (κ1) is 19.5. The van der Waals surface area contributed by atoms with Crippen molar-refractivity contribution in [2.45, 2.75) is 57.1 Å². The van der Waals surface area contributed by atoms with Gasteiger partial charge >= 0.3 is 5.69 Å². The highest BCUT2D eigenvalue weighted by Crippen LogP contribution is 2.28. The lowest BCUT2D eigenvalue weighted by Gasteiger charge is -2.33. The maximum atomic E-state index is 12.9. The molecule has 4 rings (SSSR count). The second-order valence-corrected chi connectivity index (χ2v) is 7.94. The Morgan fingerprint density at radius 3 is 2.48 bits per heavy atom. The fourth-order valence-corrected chi connectivity index (χ4v) is 4.33. The Morgan fingerprint density at radius 2 is 1.76 bits per heavy atom. The largest absolute Gasteiger partial charge is 0.490 e. The Morgan fingerprint density at radius 1 is 1.03 bits per heavy atom. The molecule has 7 nitrogen and oxygen atoms in total. The number of carbonyl (C=O) groups is 1. The molecule has 1 aromatic carbocycles. The summed E-state index contributed by atoms with van der Waals surface area (Å²) in [6, 6.07) is 9.18. The van der Waals surface area contributed by atoms with Gasteiger partial charge in [-0.15, -0.1) is 0 Å². The summed E-state index contributed by atoms with van der Waals surface area (Å²) < 4.78 is 7.72. The number of hydrogen-bond donors (Lipinski definition) is 1. The number of aromatic nitrogens is 2. The van der Waals surface area contributed by atoms with Gasteiger partial charge in [-0.3, -0.25) is 19.1 Å². The second-order valence-electron chi connectivity index (χ2n) is 7.94. The van der Waals surface area contributed by atoms with Gasteiger partial charge in [0.15, 0.2) is 0 Å². The van der Waals surface area contributed by atoms with Gasteiger partial charge in [-0.2, -0.15) is 0 Å². The summed E-state index contributed by atoms with van der Waals surface area (Å²) in [5.74, 6) is 0.905. The number of ether oxygens (including phenoxy) is 1. The number of para-hydroxylation sites is 1. The van der Waals surface area contributed by atoms with E-state index in [2.05, 4.69) is 4.98 Å².